The third-order valence-electron chi connectivity index (χ3n) is 1.47. The Morgan fingerprint density at radius 1 is 1.50 bits per heavy atom. The summed E-state index contributed by atoms with van der Waals surface area (Å²) in [6.07, 6.45) is 1.71. The van der Waals surface area contributed by atoms with Gasteiger partial charge in [-0.3, -0.25) is 4.98 Å². The molecule has 4 N–H and O–H groups in total. The minimum atomic E-state index is 0.124. The third kappa shape index (κ3) is 2.48. The van der Waals surface area contributed by atoms with Crippen LogP contribution in [0.4, 0.5) is 5.69 Å². The molecule has 0 saturated heterocycles. The molecule has 1 aromatic heterocycles. The SMILES string of the molecule is NCc1ccc(NCCO)cn1. The van der Waals surface area contributed by atoms with Crippen LogP contribution in [-0.2, 0) is 6.54 Å². The molecule has 0 spiro atoms. The Bertz CT molecular complexity index is 222. The van der Waals surface area contributed by atoms with Gasteiger partial charge in [-0.25, -0.2) is 0 Å². The fraction of sp³-hybridized carbons (Fsp3) is 0.375. The van der Waals surface area contributed by atoms with Crippen molar-refractivity contribution in [3.05, 3.63) is 24.0 Å². The Morgan fingerprint density at radius 3 is 2.83 bits per heavy atom. The van der Waals surface area contributed by atoms with Gasteiger partial charge in [0.2, 0.25) is 0 Å². The Morgan fingerprint density at radius 2 is 2.33 bits per heavy atom. The van der Waals surface area contributed by atoms with Gasteiger partial charge in [0.15, 0.2) is 0 Å². The van der Waals surface area contributed by atoms with E-state index in [2.05, 4.69) is 10.3 Å². The van der Waals surface area contributed by atoms with Gasteiger partial charge in [0.1, 0.15) is 0 Å². The van der Waals surface area contributed by atoms with E-state index in [-0.39, 0.29) is 6.61 Å². The van der Waals surface area contributed by atoms with Crippen LogP contribution in [0, 0.1) is 0 Å². The highest BCUT2D eigenvalue weighted by molar-refractivity contribution is 5.40. The number of nitrogens with two attached hydrogens (primary N) is 1. The number of hydrogen-bond donors (Lipinski definition) is 3. The summed E-state index contributed by atoms with van der Waals surface area (Å²) in [4.78, 5) is 4.08. The standard InChI is InChI=1S/C8H13N3O/c9-5-7-1-2-8(6-11-7)10-3-4-12/h1-2,6,10,12H,3-5,9H2. The highest BCUT2D eigenvalue weighted by Crippen LogP contribution is 2.04. The number of nitrogens with one attached hydrogen (secondary N) is 1. The summed E-state index contributed by atoms with van der Waals surface area (Å²) < 4.78 is 0. The van der Waals surface area contributed by atoms with Crippen LogP contribution in [0.5, 0.6) is 0 Å². The van der Waals surface area contributed by atoms with Crippen LogP contribution >= 0.6 is 0 Å². The first-order valence-corrected chi connectivity index (χ1v) is 3.86. The maximum absolute atomic E-state index is 8.53. The zero-order chi connectivity index (χ0) is 8.81. The van der Waals surface area contributed by atoms with Gasteiger partial charge in [0.05, 0.1) is 24.2 Å². The summed E-state index contributed by atoms with van der Waals surface area (Å²) >= 11 is 0. The van der Waals surface area contributed by atoms with Crippen molar-refractivity contribution in [2.24, 2.45) is 5.73 Å². The predicted octanol–water partition coefficient (Wildman–Crippen LogP) is -0.0555. The van der Waals surface area contributed by atoms with Crippen molar-refractivity contribution in [2.75, 3.05) is 18.5 Å². The van der Waals surface area contributed by atoms with Crippen molar-refractivity contribution in [2.45, 2.75) is 6.54 Å². The van der Waals surface area contributed by atoms with Crippen LogP contribution in [0.25, 0.3) is 0 Å². The molecule has 1 rings (SSSR count). The molecule has 0 saturated carbocycles. The summed E-state index contributed by atoms with van der Waals surface area (Å²) in [6.45, 7) is 1.13. The molecule has 0 bridgehead atoms. The quantitative estimate of drug-likeness (QED) is 0.587. The zero-order valence-corrected chi connectivity index (χ0v) is 6.83. The maximum Gasteiger partial charge on any atom is 0.0604 e. The molecule has 0 aromatic carbocycles. The largest absolute Gasteiger partial charge is 0.395 e. The van der Waals surface area contributed by atoms with Crippen molar-refractivity contribution in [1.29, 1.82) is 0 Å². The lowest BCUT2D eigenvalue weighted by Crippen LogP contribution is -2.06. The molecule has 4 nitrogen and oxygen atoms in total. The molecule has 0 aliphatic carbocycles. The summed E-state index contributed by atoms with van der Waals surface area (Å²) in [6, 6.07) is 3.75. The van der Waals surface area contributed by atoms with Crippen molar-refractivity contribution >= 4 is 5.69 Å². The number of pyridine rings is 1. The normalized spacial score (nSPS) is 9.83. The van der Waals surface area contributed by atoms with Crippen LogP contribution < -0.4 is 11.1 Å². The second kappa shape index (κ2) is 4.69. The van der Waals surface area contributed by atoms with E-state index in [4.69, 9.17) is 10.8 Å². The van der Waals surface area contributed by atoms with Gasteiger partial charge in [-0.05, 0) is 12.1 Å². The second-order valence-electron chi connectivity index (χ2n) is 2.39. The summed E-state index contributed by atoms with van der Waals surface area (Å²) in [5, 5.41) is 11.5. The van der Waals surface area contributed by atoms with E-state index in [9.17, 15) is 0 Å². The molecular formula is C8H13N3O. The number of hydrogen-bond acceptors (Lipinski definition) is 4. The first-order chi connectivity index (χ1) is 5.86. The molecule has 66 valence electrons. The zero-order valence-electron chi connectivity index (χ0n) is 6.83. The second-order valence-corrected chi connectivity index (χ2v) is 2.39. The Labute approximate surface area is 71.4 Å². The van der Waals surface area contributed by atoms with Gasteiger partial charge in [-0.15, -0.1) is 0 Å². The van der Waals surface area contributed by atoms with E-state index in [0.717, 1.165) is 11.4 Å². The lowest BCUT2D eigenvalue weighted by Gasteiger charge is -2.03. The molecule has 0 atom stereocenters. The molecule has 1 heterocycles. The molecule has 12 heavy (non-hydrogen) atoms. The van der Waals surface area contributed by atoms with Gasteiger partial charge < -0.3 is 16.2 Å². The molecule has 0 unspecified atom stereocenters. The first kappa shape index (κ1) is 8.96. The number of aromatic nitrogens is 1. The molecule has 0 aliphatic heterocycles. The number of anilines is 1. The van der Waals surface area contributed by atoms with Gasteiger partial charge in [-0.1, -0.05) is 0 Å². The number of nitrogens with zero attached hydrogens (tertiary/aromatic N) is 1. The molecule has 0 radical (unpaired) electrons. The minimum Gasteiger partial charge on any atom is -0.395 e. The van der Waals surface area contributed by atoms with Gasteiger partial charge >= 0.3 is 0 Å². The lowest BCUT2D eigenvalue weighted by molar-refractivity contribution is 0.311. The van der Waals surface area contributed by atoms with E-state index >= 15 is 0 Å². The smallest absolute Gasteiger partial charge is 0.0604 e. The molecule has 0 amide bonds. The van der Waals surface area contributed by atoms with Crippen molar-refractivity contribution < 1.29 is 5.11 Å². The molecule has 0 aliphatic rings. The van der Waals surface area contributed by atoms with Crippen LogP contribution in [0.1, 0.15) is 5.69 Å². The number of aliphatic hydroxyl groups excluding tert-OH is 1. The Hall–Kier alpha value is -1.13. The van der Waals surface area contributed by atoms with Crippen molar-refractivity contribution in [1.82, 2.24) is 4.98 Å². The van der Waals surface area contributed by atoms with E-state index in [0.29, 0.717) is 13.1 Å². The highest BCUT2D eigenvalue weighted by Gasteiger charge is 1.92. The van der Waals surface area contributed by atoms with Crippen molar-refractivity contribution in [3.63, 3.8) is 0 Å². The molecule has 1 aromatic rings. The summed E-state index contributed by atoms with van der Waals surface area (Å²) in [5.41, 5.74) is 7.15. The van der Waals surface area contributed by atoms with Gasteiger partial charge in [0, 0.05) is 13.1 Å². The van der Waals surface area contributed by atoms with E-state index < -0.39 is 0 Å². The summed E-state index contributed by atoms with van der Waals surface area (Å²) in [5.74, 6) is 0. The van der Waals surface area contributed by atoms with Crippen molar-refractivity contribution in [3.8, 4) is 0 Å². The number of rotatable bonds is 4. The summed E-state index contributed by atoms with van der Waals surface area (Å²) in [7, 11) is 0. The van der Waals surface area contributed by atoms with E-state index in [1.54, 1.807) is 6.20 Å². The van der Waals surface area contributed by atoms with Gasteiger partial charge in [0.25, 0.3) is 0 Å². The first-order valence-electron chi connectivity index (χ1n) is 3.86. The van der Waals surface area contributed by atoms with Crippen LogP contribution in [0.15, 0.2) is 18.3 Å². The fourth-order valence-electron chi connectivity index (χ4n) is 0.850. The van der Waals surface area contributed by atoms with Crippen LogP contribution in [0.2, 0.25) is 0 Å². The molecule has 4 heteroatoms. The predicted molar refractivity (Wildman–Crippen MR) is 47.7 cm³/mol. The average molecular weight is 167 g/mol. The number of aliphatic hydroxyl groups is 1. The monoisotopic (exact) mass is 167 g/mol. The molecular weight excluding hydrogens is 154 g/mol. The maximum atomic E-state index is 8.53. The highest BCUT2D eigenvalue weighted by atomic mass is 16.3. The lowest BCUT2D eigenvalue weighted by atomic mass is 10.3. The fourth-order valence-corrected chi connectivity index (χ4v) is 0.850. The Balaban J connectivity index is 2.53. The molecule has 0 fully saturated rings. The Kier molecular flexibility index (Phi) is 3.50. The van der Waals surface area contributed by atoms with E-state index in [1.165, 1.54) is 0 Å². The third-order valence-corrected chi connectivity index (χ3v) is 1.47. The topological polar surface area (TPSA) is 71.2 Å². The minimum absolute atomic E-state index is 0.124. The van der Waals surface area contributed by atoms with Crippen LogP contribution in [-0.4, -0.2) is 23.2 Å². The average Bonchev–Trinajstić information content (AvgIpc) is 2.15. The van der Waals surface area contributed by atoms with Crippen LogP contribution in [0.3, 0.4) is 0 Å². The van der Waals surface area contributed by atoms with E-state index in [1.807, 2.05) is 12.1 Å². The van der Waals surface area contributed by atoms with Gasteiger partial charge in [-0.2, -0.15) is 0 Å².